The van der Waals surface area contributed by atoms with Gasteiger partial charge in [0.1, 0.15) is 12.4 Å². The Morgan fingerprint density at radius 1 is 1.53 bits per heavy atom. The van der Waals surface area contributed by atoms with Crippen LogP contribution in [0.2, 0.25) is 0 Å². The van der Waals surface area contributed by atoms with E-state index in [2.05, 4.69) is 0 Å². The van der Waals surface area contributed by atoms with E-state index in [0.717, 1.165) is 25.0 Å². The molecule has 6 heteroatoms. The first-order chi connectivity index (χ1) is 9.11. The van der Waals surface area contributed by atoms with Crippen LogP contribution in [0, 0.1) is 0 Å². The Labute approximate surface area is 111 Å². The van der Waals surface area contributed by atoms with E-state index in [1.807, 2.05) is 6.92 Å². The number of primary amides is 1. The first-order valence-corrected chi connectivity index (χ1v) is 6.43. The lowest BCUT2D eigenvalue weighted by Crippen LogP contribution is -2.41. The number of rotatable bonds is 4. The van der Waals surface area contributed by atoms with Crippen molar-refractivity contribution in [1.82, 2.24) is 4.90 Å². The quantitative estimate of drug-likeness (QED) is 0.837. The van der Waals surface area contributed by atoms with E-state index >= 15 is 0 Å². The van der Waals surface area contributed by atoms with E-state index in [-0.39, 0.29) is 18.4 Å². The smallest absolute Gasteiger partial charge is 0.374 e. The fourth-order valence-corrected chi connectivity index (χ4v) is 2.22. The summed E-state index contributed by atoms with van der Waals surface area (Å²) in [6.07, 6.45) is 2.41. The highest BCUT2D eigenvalue weighted by Crippen LogP contribution is 2.18. The molecule has 1 aromatic heterocycles. The van der Waals surface area contributed by atoms with Crippen LogP contribution in [-0.2, 0) is 11.2 Å². The maximum atomic E-state index is 11.8. The highest BCUT2D eigenvalue weighted by Gasteiger charge is 2.28. The number of ether oxygens (including phenoxy) is 1. The fourth-order valence-electron chi connectivity index (χ4n) is 2.22. The Balaban J connectivity index is 1.88. The molecule has 1 unspecified atom stereocenters. The van der Waals surface area contributed by atoms with Crippen LogP contribution in [0.25, 0.3) is 0 Å². The Hall–Kier alpha value is -1.98. The zero-order valence-electron chi connectivity index (χ0n) is 10.9. The molecule has 2 heterocycles. The number of hydrogen-bond acceptors (Lipinski definition) is 4. The number of amides is 2. The number of nitrogens with two attached hydrogens (primary N) is 1. The van der Waals surface area contributed by atoms with Crippen molar-refractivity contribution < 1.29 is 18.7 Å². The van der Waals surface area contributed by atoms with Gasteiger partial charge in [-0.3, -0.25) is 0 Å². The minimum atomic E-state index is -0.504. The Bertz CT molecular complexity index is 469. The number of esters is 1. The van der Waals surface area contributed by atoms with Crippen molar-refractivity contribution in [2.75, 3.05) is 13.2 Å². The summed E-state index contributed by atoms with van der Waals surface area (Å²) >= 11 is 0. The second-order valence-electron chi connectivity index (χ2n) is 4.55. The number of carbonyl (C=O) groups excluding carboxylic acids is 2. The highest BCUT2D eigenvalue weighted by molar-refractivity contribution is 5.86. The van der Waals surface area contributed by atoms with Gasteiger partial charge in [0.2, 0.25) is 5.76 Å². The number of urea groups is 1. The number of carbonyl (C=O) groups is 2. The molecule has 0 saturated carbocycles. The summed E-state index contributed by atoms with van der Waals surface area (Å²) in [4.78, 5) is 24.4. The van der Waals surface area contributed by atoms with E-state index in [1.165, 1.54) is 4.90 Å². The van der Waals surface area contributed by atoms with Crippen LogP contribution in [0.5, 0.6) is 0 Å². The molecule has 1 aliphatic rings. The molecule has 104 valence electrons. The van der Waals surface area contributed by atoms with Gasteiger partial charge in [0, 0.05) is 13.0 Å². The van der Waals surface area contributed by atoms with Gasteiger partial charge in [-0.15, -0.1) is 0 Å². The second kappa shape index (κ2) is 5.77. The number of nitrogens with zero attached hydrogens (tertiary/aromatic N) is 1. The van der Waals surface area contributed by atoms with Crippen molar-refractivity contribution in [1.29, 1.82) is 0 Å². The molecule has 0 aromatic carbocycles. The van der Waals surface area contributed by atoms with Crippen LogP contribution >= 0.6 is 0 Å². The van der Waals surface area contributed by atoms with E-state index < -0.39 is 12.0 Å². The van der Waals surface area contributed by atoms with Crippen LogP contribution in [0.1, 0.15) is 36.1 Å². The van der Waals surface area contributed by atoms with Crippen molar-refractivity contribution in [3.8, 4) is 0 Å². The van der Waals surface area contributed by atoms with Crippen LogP contribution in [-0.4, -0.2) is 36.1 Å². The van der Waals surface area contributed by atoms with Gasteiger partial charge < -0.3 is 19.8 Å². The molecule has 2 amide bonds. The van der Waals surface area contributed by atoms with Gasteiger partial charge in [0.15, 0.2) is 0 Å². The molecular weight excluding hydrogens is 248 g/mol. The summed E-state index contributed by atoms with van der Waals surface area (Å²) in [5, 5.41) is 0. The minimum Gasteiger partial charge on any atom is -0.458 e. The van der Waals surface area contributed by atoms with Crippen LogP contribution in [0.4, 0.5) is 4.79 Å². The van der Waals surface area contributed by atoms with E-state index in [0.29, 0.717) is 6.54 Å². The molecule has 1 aromatic rings. The number of likely N-dealkylation sites (tertiary alicyclic amines) is 1. The minimum absolute atomic E-state index is 0.123. The maximum Gasteiger partial charge on any atom is 0.374 e. The predicted molar refractivity (Wildman–Crippen MR) is 67.7 cm³/mol. The van der Waals surface area contributed by atoms with Gasteiger partial charge in [-0.1, -0.05) is 6.92 Å². The van der Waals surface area contributed by atoms with E-state index in [4.69, 9.17) is 14.9 Å². The molecule has 0 aliphatic carbocycles. The highest BCUT2D eigenvalue weighted by atomic mass is 16.5. The van der Waals surface area contributed by atoms with Gasteiger partial charge >= 0.3 is 12.0 Å². The van der Waals surface area contributed by atoms with Crippen molar-refractivity contribution in [2.24, 2.45) is 5.73 Å². The van der Waals surface area contributed by atoms with Crippen molar-refractivity contribution in [3.05, 3.63) is 23.7 Å². The van der Waals surface area contributed by atoms with Gasteiger partial charge in [-0.25, -0.2) is 9.59 Å². The molecule has 2 N–H and O–H groups in total. The van der Waals surface area contributed by atoms with E-state index in [9.17, 15) is 9.59 Å². The Kier molecular flexibility index (Phi) is 4.09. The standard InChI is InChI=1S/C13H18N2O4/c1-2-10-5-6-11(19-10)12(16)18-8-9-4-3-7-15(9)13(14)17/h5-6,9H,2-4,7-8H2,1H3,(H2,14,17). The normalized spacial score (nSPS) is 18.6. The van der Waals surface area contributed by atoms with Gasteiger partial charge in [0.25, 0.3) is 0 Å². The molecule has 1 fully saturated rings. The molecule has 19 heavy (non-hydrogen) atoms. The topological polar surface area (TPSA) is 85.8 Å². The predicted octanol–water partition coefficient (Wildman–Crippen LogP) is 1.54. The molecule has 0 radical (unpaired) electrons. The van der Waals surface area contributed by atoms with Crippen LogP contribution < -0.4 is 5.73 Å². The lowest BCUT2D eigenvalue weighted by Gasteiger charge is -2.21. The fraction of sp³-hybridized carbons (Fsp3) is 0.538. The average Bonchev–Trinajstić information content (AvgIpc) is 3.04. The summed E-state index contributed by atoms with van der Waals surface area (Å²) in [5.41, 5.74) is 5.25. The number of hydrogen-bond donors (Lipinski definition) is 1. The maximum absolute atomic E-state index is 11.8. The molecule has 0 spiro atoms. The molecule has 1 atom stereocenters. The van der Waals surface area contributed by atoms with E-state index in [1.54, 1.807) is 12.1 Å². The Morgan fingerprint density at radius 3 is 2.95 bits per heavy atom. The largest absolute Gasteiger partial charge is 0.458 e. The van der Waals surface area contributed by atoms with Crippen molar-refractivity contribution in [2.45, 2.75) is 32.2 Å². The second-order valence-corrected chi connectivity index (χ2v) is 4.55. The number of aryl methyl sites for hydroxylation is 1. The van der Waals surface area contributed by atoms with Gasteiger partial charge in [-0.2, -0.15) is 0 Å². The lowest BCUT2D eigenvalue weighted by atomic mass is 10.2. The Morgan fingerprint density at radius 2 is 2.32 bits per heavy atom. The van der Waals surface area contributed by atoms with Crippen molar-refractivity contribution >= 4 is 12.0 Å². The third-order valence-electron chi connectivity index (χ3n) is 3.28. The number of furan rings is 1. The summed E-state index contributed by atoms with van der Waals surface area (Å²) in [6.45, 7) is 2.72. The molecular formula is C13H18N2O4. The van der Waals surface area contributed by atoms with Crippen LogP contribution in [0.3, 0.4) is 0 Å². The molecule has 2 rings (SSSR count). The van der Waals surface area contributed by atoms with Crippen LogP contribution in [0.15, 0.2) is 16.5 Å². The zero-order valence-corrected chi connectivity index (χ0v) is 10.9. The third kappa shape index (κ3) is 3.07. The first-order valence-electron chi connectivity index (χ1n) is 6.43. The summed E-state index contributed by atoms with van der Waals surface area (Å²) in [5.74, 6) is 0.433. The summed E-state index contributed by atoms with van der Waals surface area (Å²) < 4.78 is 10.5. The van der Waals surface area contributed by atoms with Gasteiger partial charge in [0.05, 0.1) is 6.04 Å². The average molecular weight is 266 g/mol. The first kappa shape index (κ1) is 13.5. The lowest BCUT2D eigenvalue weighted by molar-refractivity contribution is 0.0385. The molecule has 0 bridgehead atoms. The summed E-state index contributed by atoms with van der Waals surface area (Å²) in [6, 6.07) is 2.76. The molecule has 1 saturated heterocycles. The monoisotopic (exact) mass is 266 g/mol. The molecule has 6 nitrogen and oxygen atoms in total. The summed E-state index contributed by atoms with van der Waals surface area (Å²) in [7, 11) is 0. The SMILES string of the molecule is CCc1ccc(C(=O)OCC2CCCN2C(N)=O)o1. The van der Waals surface area contributed by atoms with Gasteiger partial charge in [-0.05, 0) is 25.0 Å². The molecule has 1 aliphatic heterocycles. The van der Waals surface area contributed by atoms with Crippen molar-refractivity contribution in [3.63, 3.8) is 0 Å². The third-order valence-corrected chi connectivity index (χ3v) is 3.28. The zero-order chi connectivity index (χ0) is 13.8.